The second kappa shape index (κ2) is 5.87. The first-order chi connectivity index (χ1) is 9.13. The number of amides is 1. The molecule has 1 N–H and O–H groups in total. The van der Waals surface area contributed by atoms with Crippen LogP contribution in [0, 0.1) is 11.8 Å². The Morgan fingerprint density at radius 2 is 2.00 bits per heavy atom. The first-order valence-corrected chi connectivity index (χ1v) is 6.55. The molecule has 3 unspecified atom stereocenters. The topological polar surface area (TPSA) is 55.4 Å². The molecule has 4 heteroatoms. The van der Waals surface area contributed by atoms with Gasteiger partial charge in [0.1, 0.15) is 0 Å². The van der Waals surface area contributed by atoms with Crippen molar-refractivity contribution in [1.29, 1.82) is 0 Å². The zero-order valence-corrected chi connectivity index (χ0v) is 11.3. The van der Waals surface area contributed by atoms with E-state index in [1.807, 2.05) is 30.3 Å². The second-order valence-corrected chi connectivity index (χ2v) is 4.98. The molecule has 0 aromatic heterocycles. The molecule has 19 heavy (non-hydrogen) atoms. The van der Waals surface area contributed by atoms with Gasteiger partial charge in [-0.3, -0.25) is 9.59 Å². The molecule has 1 saturated heterocycles. The average molecular weight is 261 g/mol. The summed E-state index contributed by atoms with van der Waals surface area (Å²) in [5, 5.41) is 2.90. The van der Waals surface area contributed by atoms with Crippen LogP contribution in [0.2, 0.25) is 0 Å². The maximum Gasteiger partial charge on any atom is 0.311 e. The third-order valence-electron chi connectivity index (χ3n) is 3.77. The van der Waals surface area contributed by atoms with Crippen molar-refractivity contribution in [2.24, 2.45) is 11.8 Å². The summed E-state index contributed by atoms with van der Waals surface area (Å²) in [7, 11) is 1.37. The summed E-state index contributed by atoms with van der Waals surface area (Å²) in [5.41, 5.74) is 1.21. The highest BCUT2D eigenvalue weighted by molar-refractivity contribution is 5.89. The van der Waals surface area contributed by atoms with Gasteiger partial charge >= 0.3 is 5.97 Å². The van der Waals surface area contributed by atoms with E-state index in [1.54, 1.807) is 6.92 Å². The van der Waals surface area contributed by atoms with Crippen LogP contribution in [0.25, 0.3) is 0 Å². The van der Waals surface area contributed by atoms with Crippen molar-refractivity contribution in [3.8, 4) is 0 Å². The number of nitrogens with one attached hydrogen (secondary N) is 1. The fraction of sp³-hybridized carbons (Fsp3) is 0.467. The molecule has 102 valence electrons. The number of benzene rings is 1. The third kappa shape index (κ3) is 2.95. The number of aryl methyl sites for hydroxylation is 1. The molecule has 1 aromatic carbocycles. The van der Waals surface area contributed by atoms with E-state index in [9.17, 15) is 9.59 Å². The van der Waals surface area contributed by atoms with E-state index < -0.39 is 0 Å². The lowest BCUT2D eigenvalue weighted by Gasteiger charge is -2.18. The van der Waals surface area contributed by atoms with Gasteiger partial charge in [0.05, 0.1) is 18.9 Å². The number of rotatable bonds is 4. The van der Waals surface area contributed by atoms with Crippen LogP contribution in [0.3, 0.4) is 0 Å². The first kappa shape index (κ1) is 13.6. The van der Waals surface area contributed by atoms with Crippen molar-refractivity contribution in [3.63, 3.8) is 0 Å². The van der Waals surface area contributed by atoms with Gasteiger partial charge in [0.25, 0.3) is 0 Å². The van der Waals surface area contributed by atoms with Crippen molar-refractivity contribution in [1.82, 2.24) is 5.32 Å². The monoisotopic (exact) mass is 261 g/mol. The molecular weight excluding hydrogens is 242 g/mol. The minimum atomic E-state index is -0.374. The van der Waals surface area contributed by atoms with E-state index in [4.69, 9.17) is 4.74 Å². The number of ether oxygens (including phenoxy) is 1. The molecule has 0 radical (unpaired) electrons. The van der Waals surface area contributed by atoms with Gasteiger partial charge in [-0.05, 0) is 18.4 Å². The van der Waals surface area contributed by atoms with Gasteiger partial charge in [-0.1, -0.05) is 37.3 Å². The summed E-state index contributed by atoms with van der Waals surface area (Å²) in [5.74, 6) is -1.05. The second-order valence-electron chi connectivity index (χ2n) is 4.98. The number of hydrogen-bond acceptors (Lipinski definition) is 3. The van der Waals surface area contributed by atoms with Gasteiger partial charge < -0.3 is 10.1 Å². The Labute approximate surface area is 113 Å². The average Bonchev–Trinajstić information content (AvgIpc) is 2.72. The molecular formula is C15H19NO3. The van der Waals surface area contributed by atoms with Gasteiger partial charge in [0.2, 0.25) is 5.91 Å². The first-order valence-electron chi connectivity index (χ1n) is 6.55. The zero-order valence-electron chi connectivity index (χ0n) is 11.3. The Morgan fingerprint density at radius 3 is 2.63 bits per heavy atom. The molecule has 1 fully saturated rings. The van der Waals surface area contributed by atoms with Crippen LogP contribution in [0.15, 0.2) is 30.3 Å². The molecule has 2 rings (SSSR count). The summed E-state index contributed by atoms with van der Waals surface area (Å²) < 4.78 is 4.80. The van der Waals surface area contributed by atoms with Crippen LogP contribution in [0.4, 0.5) is 0 Å². The Bertz CT molecular complexity index is 458. The lowest BCUT2D eigenvalue weighted by molar-refractivity contribution is -0.148. The third-order valence-corrected chi connectivity index (χ3v) is 3.77. The Balaban J connectivity index is 2.02. The number of carbonyl (C=O) groups excluding carboxylic acids is 2. The molecule has 0 spiro atoms. The molecule has 1 aliphatic rings. The van der Waals surface area contributed by atoms with Crippen LogP contribution >= 0.6 is 0 Å². The van der Waals surface area contributed by atoms with Gasteiger partial charge in [-0.2, -0.15) is 0 Å². The fourth-order valence-corrected chi connectivity index (χ4v) is 2.64. The molecule has 1 amide bonds. The maximum absolute atomic E-state index is 11.8. The largest absolute Gasteiger partial charge is 0.469 e. The Hall–Kier alpha value is -1.84. The van der Waals surface area contributed by atoms with E-state index in [1.165, 1.54) is 12.7 Å². The van der Waals surface area contributed by atoms with Crippen molar-refractivity contribution < 1.29 is 14.3 Å². The smallest absolute Gasteiger partial charge is 0.311 e. The summed E-state index contributed by atoms with van der Waals surface area (Å²) >= 11 is 0. The number of carbonyl (C=O) groups is 2. The van der Waals surface area contributed by atoms with E-state index in [0.29, 0.717) is 0 Å². The number of esters is 1. The molecule has 0 saturated carbocycles. The fourth-order valence-electron chi connectivity index (χ4n) is 2.64. The van der Waals surface area contributed by atoms with E-state index >= 15 is 0 Å². The number of hydrogen-bond donors (Lipinski definition) is 1. The molecule has 3 atom stereocenters. The summed E-state index contributed by atoms with van der Waals surface area (Å²) in [6, 6.07) is 9.92. The van der Waals surface area contributed by atoms with Gasteiger partial charge in [0, 0.05) is 6.04 Å². The highest BCUT2D eigenvalue weighted by atomic mass is 16.5. The minimum absolute atomic E-state index is 0.0616. The molecule has 1 aromatic rings. The van der Waals surface area contributed by atoms with Crippen LogP contribution in [0.1, 0.15) is 18.9 Å². The van der Waals surface area contributed by atoms with Crippen LogP contribution in [0.5, 0.6) is 0 Å². The summed E-state index contributed by atoms with van der Waals surface area (Å²) in [6.07, 6.45) is 1.59. The van der Waals surface area contributed by atoms with Crippen LogP contribution in [-0.4, -0.2) is 25.0 Å². The van der Waals surface area contributed by atoms with Crippen molar-refractivity contribution in [3.05, 3.63) is 35.9 Å². The summed E-state index contributed by atoms with van der Waals surface area (Å²) in [4.78, 5) is 23.5. The Kier molecular flexibility index (Phi) is 4.20. The molecule has 1 heterocycles. The van der Waals surface area contributed by atoms with Gasteiger partial charge in [0.15, 0.2) is 0 Å². The maximum atomic E-state index is 11.8. The highest BCUT2D eigenvalue weighted by Crippen LogP contribution is 2.27. The quantitative estimate of drug-likeness (QED) is 0.836. The van der Waals surface area contributed by atoms with Crippen LogP contribution in [-0.2, 0) is 20.7 Å². The lowest BCUT2D eigenvalue weighted by Crippen LogP contribution is -2.34. The van der Waals surface area contributed by atoms with Crippen molar-refractivity contribution >= 4 is 11.9 Å². The van der Waals surface area contributed by atoms with E-state index in [2.05, 4.69) is 5.32 Å². The molecule has 1 aliphatic heterocycles. The Morgan fingerprint density at radius 1 is 1.32 bits per heavy atom. The van der Waals surface area contributed by atoms with Gasteiger partial charge in [-0.15, -0.1) is 0 Å². The molecule has 0 aliphatic carbocycles. The van der Waals surface area contributed by atoms with Gasteiger partial charge in [-0.25, -0.2) is 0 Å². The predicted molar refractivity (Wildman–Crippen MR) is 71.4 cm³/mol. The van der Waals surface area contributed by atoms with E-state index in [0.717, 1.165) is 12.8 Å². The predicted octanol–water partition coefficient (Wildman–Crippen LogP) is 1.54. The van der Waals surface area contributed by atoms with Crippen molar-refractivity contribution in [2.45, 2.75) is 25.8 Å². The normalized spacial score (nSPS) is 26.0. The van der Waals surface area contributed by atoms with Crippen molar-refractivity contribution in [2.75, 3.05) is 7.11 Å². The standard InChI is InChI=1S/C15H19NO3/c1-10-13(15(18)19-2)12(16-14(10)17)9-8-11-6-4-3-5-7-11/h3-7,10,12-13H,8-9H2,1-2H3,(H,16,17). The molecule has 4 nitrogen and oxygen atoms in total. The molecule has 0 bridgehead atoms. The SMILES string of the molecule is COC(=O)C1C(CCc2ccccc2)NC(=O)C1C. The van der Waals surface area contributed by atoms with Crippen LogP contribution < -0.4 is 5.32 Å². The summed E-state index contributed by atoms with van der Waals surface area (Å²) in [6.45, 7) is 1.78. The van der Waals surface area contributed by atoms with E-state index in [-0.39, 0.29) is 29.8 Å². The lowest BCUT2D eigenvalue weighted by atomic mass is 9.88. The minimum Gasteiger partial charge on any atom is -0.469 e. The number of methoxy groups -OCH3 is 1. The highest BCUT2D eigenvalue weighted by Gasteiger charge is 2.44. The zero-order chi connectivity index (χ0) is 13.8.